The summed E-state index contributed by atoms with van der Waals surface area (Å²) in [5.41, 5.74) is 6.64. The van der Waals surface area contributed by atoms with Gasteiger partial charge >= 0.3 is 12.0 Å². The summed E-state index contributed by atoms with van der Waals surface area (Å²) in [6.45, 7) is 4.27. The Labute approximate surface area is 293 Å². The van der Waals surface area contributed by atoms with Gasteiger partial charge in [0.25, 0.3) is 0 Å². The van der Waals surface area contributed by atoms with Gasteiger partial charge in [0, 0.05) is 44.6 Å². The number of esters is 1. The Morgan fingerprint density at radius 1 is 0.840 bits per heavy atom. The normalized spacial score (nSPS) is 20.1. The SMILES string of the molecule is COC(=O)C(Cc1ccccc1)NC(=O)NCc1cccc(-c2cccc(C3OC(CN4CCOCC4)CC(c4ccc(CO)cc4)O3)c2)c1. The zero-order valence-electron chi connectivity index (χ0n) is 28.3. The van der Waals surface area contributed by atoms with Gasteiger partial charge in [-0.25, -0.2) is 9.59 Å². The van der Waals surface area contributed by atoms with Crippen molar-refractivity contribution in [3.8, 4) is 11.1 Å². The number of nitrogens with zero attached hydrogens (tertiary/aromatic N) is 1. The molecule has 2 saturated heterocycles. The average Bonchev–Trinajstić information content (AvgIpc) is 3.17. The number of rotatable bonds is 12. The Bertz CT molecular complexity index is 1690. The topological polar surface area (TPSA) is 119 Å². The molecule has 262 valence electrons. The van der Waals surface area contributed by atoms with E-state index in [4.69, 9.17) is 18.9 Å². The molecule has 0 spiro atoms. The fourth-order valence-corrected chi connectivity index (χ4v) is 6.41. The number of aliphatic hydroxyl groups excluding tert-OH is 1. The van der Waals surface area contributed by atoms with E-state index in [9.17, 15) is 14.7 Å². The maximum atomic E-state index is 12.8. The highest BCUT2D eigenvalue weighted by molar-refractivity contribution is 5.83. The third kappa shape index (κ3) is 9.56. The first kappa shape index (κ1) is 35.3. The van der Waals surface area contributed by atoms with Crippen molar-refractivity contribution in [3.05, 3.63) is 131 Å². The highest BCUT2D eigenvalue weighted by atomic mass is 16.7. The van der Waals surface area contributed by atoms with Gasteiger partial charge in [0.1, 0.15) is 6.04 Å². The molecule has 0 saturated carbocycles. The van der Waals surface area contributed by atoms with Gasteiger partial charge in [0.2, 0.25) is 0 Å². The van der Waals surface area contributed by atoms with Crippen LogP contribution >= 0.6 is 0 Å². The van der Waals surface area contributed by atoms with Crippen molar-refractivity contribution in [2.45, 2.75) is 50.5 Å². The molecule has 4 unspecified atom stereocenters. The lowest BCUT2D eigenvalue weighted by molar-refractivity contribution is -0.253. The molecule has 50 heavy (non-hydrogen) atoms. The van der Waals surface area contributed by atoms with E-state index in [0.717, 1.165) is 78.2 Å². The largest absolute Gasteiger partial charge is 0.467 e. The number of hydrogen-bond donors (Lipinski definition) is 3. The van der Waals surface area contributed by atoms with E-state index < -0.39 is 24.3 Å². The van der Waals surface area contributed by atoms with Crippen molar-refractivity contribution in [2.75, 3.05) is 40.0 Å². The lowest BCUT2D eigenvalue weighted by atomic mass is 9.98. The lowest BCUT2D eigenvalue weighted by Gasteiger charge is -2.39. The summed E-state index contributed by atoms with van der Waals surface area (Å²) < 4.78 is 23.7. The Balaban J connectivity index is 1.13. The molecule has 4 aromatic rings. The molecule has 0 aromatic heterocycles. The number of benzene rings is 4. The summed E-state index contributed by atoms with van der Waals surface area (Å²) in [7, 11) is 1.31. The number of hydrogen-bond acceptors (Lipinski definition) is 8. The van der Waals surface area contributed by atoms with Crippen LogP contribution < -0.4 is 10.6 Å². The first-order valence-corrected chi connectivity index (χ1v) is 17.1. The van der Waals surface area contributed by atoms with E-state index in [0.29, 0.717) is 6.42 Å². The molecule has 4 aromatic carbocycles. The van der Waals surface area contributed by atoms with Crippen molar-refractivity contribution >= 4 is 12.0 Å². The fraction of sp³-hybridized carbons (Fsp3) is 0.350. The molecule has 2 aliphatic heterocycles. The van der Waals surface area contributed by atoms with E-state index in [1.54, 1.807) is 0 Å². The molecular formula is C40H45N3O7. The number of methoxy groups -OCH3 is 1. The number of carbonyl (C=O) groups is 2. The van der Waals surface area contributed by atoms with Crippen LogP contribution in [-0.4, -0.2) is 74.1 Å². The second-order valence-electron chi connectivity index (χ2n) is 12.7. The van der Waals surface area contributed by atoms with Crippen molar-refractivity contribution in [1.29, 1.82) is 0 Å². The molecule has 10 heteroatoms. The average molecular weight is 680 g/mol. The number of morpholine rings is 1. The van der Waals surface area contributed by atoms with Crippen LogP contribution in [0.2, 0.25) is 0 Å². The predicted octanol–water partition coefficient (Wildman–Crippen LogP) is 5.31. The molecular weight excluding hydrogens is 634 g/mol. The number of nitrogens with one attached hydrogen (secondary N) is 2. The standard InChI is InChI=1S/C40H45N3O7/c1-47-38(45)36(22-28-7-3-2-4-8-28)42-40(46)41-25-30-9-5-10-32(21-30)33-11-6-12-34(23-33)39-49-35(26-43-17-19-48-20-18-43)24-37(50-39)31-15-13-29(27-44)14-16-31/h2-16,21,23,35-37,39,44H,17-20,22,24-27H2,1H3,(H2,41,42,46). The van der Waals surface area contributed by atoms with Crippen molar-refractivity contribution < 1.29 is 33.6 Å². The van der Waals surface area contributed by atoms with E-state index in [1.165, 1.54) is 7.11 Å². The molecule has 2 aliphatic rings. The summed E-state index contributed by atoms with van der Waals surface area (Å²) in [4.78, 5) is 27.6. The zero-order chi connectivity index (χ0) is 34.7. The molecule has 2 heterocycles. The van der Waals surface area contributed by atoms with Crippen LogP contribution in [0, 0.1) is 0 Å². The molecule has 0 radical (unpaired) electrons. The van der Waals surface area contributed by atoms with E-state index in [-0.39, 0.29) is 25.4 Å². The van der Waals surface area contributed by atoms with E-state index in [2.05, 4.69) is 21.6 Å². The smallest absolute Gasteiger partial charge is 0.328 e. The number of aliphatic hydroxyl groups is 1. The maximum Gasteiger partial charge on any atom is 0.328 e. The van der Waals surface area contributed by atoms with Gasteiger partial charge in [-0.15, -0.1) is 0 Å². The minimum Gasteiger partial charge on any atom is -0.467 e. The minimum absolute atomic E-state index is 0.000928. The van der Waals surface area contributed by atoms with Gasteiger partial charge in [-0.2, -0.15) is 0 Å². The zero-order valence-corrected chi connectivity index (χ0v) is 28.3. The minimum atomic E-state index is -0.811. The van der Waals surface area contributed by atoms with Crippen LogP contribution in [0.1, 0.15) is 46.6 Å². The molecule has 2 amide bonds. The Kier molecular flexibility index (Phi) is 12.3. The van der Waals surface area contributed by atoms with Gasteiger partial charge in [-0.3, -0.25) is 4.90 Å². The van der Waals surface area contributed by atoms with Crippen LogP contribution in [-0.2, 0) is 43.3 Å². The summed E-state index contributed by atoms with van der Waals surface area (Å²) >= 11 is 0. The third-order valence-corrected chi connectivity index (χ3v) is 9.13. The molecule has 0 aliphatic carbocycles. The molecule has 0 bridgehead atoms. The van der Waals surface area contributed by atoms with Gasteiger partial charge < -0.3 is 34.7 Å². The lowest BCUT2D eigenvalue weighted by Crippen LogP contribution is -2.47. The molecule has 6 rings (SSSR count). The maximum absolute atomic E-state index is 12.8. The van der Waals surface area contributed by atoms with Crippen LogP contribution in [0.3, 0.4) is 0 Å². The second kappa shape index (κ2) is 17.4. The van der Waals surface area contributed by atoms with Crippen LogP contribution in [0.4, 0.5) is 4.79 Å². The van der Waals surface area contributed by atoms with Crippen molar-refractivity contribution in [1.82, 2.24) is 15.5 Å². The van der Waals surface area contributed by atoms with Crippen LogP contribution in [0.5, 0.6) is 0 Å². The van der Waals surface area contributed by atoms with Crippen molar-refractivity contribution in [2.24, 2.45) is 0 Å². The molecule has 3 N–H and O–H groups in total. The van der Waals surface area contributed by atoms with Gasteiger partial charge in [0.05, 0.1) is 39.1 Å². The summed E-state index contributed by atoms with van der Waals surface area (Å²) in [5, 5.41) is 15.2. The molecule has 2 fully saturated rings. The van der Waals surface area contributed by atoms with Crippen molar-refractivity contribution in [3.63, 3.8) is 0 Å². The Morgan fingerprint density at radius 2 is 1.56 bits per heavy atom. The third-order valence-electron chi connectivity index (χ3n) is 9.13. The fourth-order valence-electron chi connectivity index (χ4n) is 6.41. The Hall–Kier alpha value is -4.58. The van der Waals surface area contributed by atoms with E-state index in [1.807, 2.05) is 97.1 Å². The van der Waals surface area contributed by atoms with Crippen LogP contribution in [0.25, 0.3) is 11.1 Å². The number of carbonyl (C=O) groups excluding carboxylic acids is 2. The number of amides is 2. The first-order chi connectivity index (χ1) is 24.5. The summed E-state index contributed by atoms with van der Waals surface area (Å²) in [6, 6.07) is 32.3. The van der Waals surface area contributed by atoms with Gasteiger partial charge in [0.15, 0.2) is 6.29 Å². The highest BCUT2D eigenvalue weighted by Gasteiger charge is 2.33. The predicted molar refractivity (Wildman–Crippen MR) is 189 cm³/mol. The highest BCUT2D eigenvalue weighted by Crippen LogP contribution is 2.39. The van der Waals surface area contributed by atoms with Gasteiger partial charge in [-0.1, -0.05) is 91.0 Å². The summed E-state index contributed by atoms with van der Waals surface area (Å²) in [6.07, 6.45) is 0.283. The van der Waals surface area contributed by atoms with E-state index >= 15 is 0 Å². The first-order valence-electron chi connectivity index (χ1n) is 17.1. The summed E-state index contributed by atoms with van der Waals surface area (Å²) in [5.74, 6) is -0.504. The number of ether oxygens (including phenoxy) is 4. The quantitative estimate of drug-likeness (QED) is 0.173. The second-order valence-corrected chi connectivity index (χ2v) is 12.7. The monoisotopic (exact) mass is 679 g/mol. The molecule has 4 atom stereocenters. The number of urea groups is 1. The Morgan fingerprint density at radius 3 is 2.30 bits per heavy atom. The van der Waals surface area contributed by atoms with Crippen LogP contribution in [0.15, 0.2) is 103 Å². The van der Waals surface area contributed by atoms with Gasteiger partial charge in [-0.05, 0) is 45.5 Å². The molecule has 10 nitrogen and oxygen atoms in total.